The molecule has 3 aromatic rings. The summed E-state index contributed by atoms with van der Waals surface area (Å²) < 4.78 is 4.77. The molecule has 1 aliphatic heterocycles. The van der Waals surface area contributed by atoms with Gasteiger partial charge in [-0.1, -0.05) is 35.7 Å². The predicted molar refractivity (Wildman–Crippen MR) is 147 cm³/mol. The molecule has 1 amide bonds. The van der Waals surface area contributed by atoms with Gasteiger partial charge in [-0.05, 0) is 54.1 Å². The highest BCUT2D eigenvalue weighted by molar-refractivity contribution is 8.13. The van der Waals surface area contributed by atoms with Crippen molar-refractivity contribution in [3.05, 3.63) is 79.7 Å². The Kier molecular flexibility index (Phi) is 9.61. The largest absolute Gasteiger partial charge is 0.465 e. The molecule has 0 bridgehead atoms. The Morgan fingerprint density at radius 1 is 1.17 bits per heavy atom. The van der Waals surface area contributed by atoms with Crippen LogP contribution in [0, 0.1) is 11.8 Å². The van der Waals surface area contributed by atoms with Crippen LogP contribution in [0.15, 0.2) is 53.2 Å². The number of hydrogen-bond donors (Lipinski definition) is 1. The molecule has 0 saturated carbocycles. The Balaban J connectivity index is 1.30. The van der Waals surface area contributed by atoms with E-state index in [1.54, 1.807) is 22.4 Å². The van der Waals surface area contributed by atoms with Crippen LogP contribution in [0.3, 0.4) is 0 Å². The molecule has 1 N–H and O–H groups in total. The summed E-state index contributed by atoms with van der Waals surface area (Å²) in [7, 11) is 1.37. The van der Waals surface area contributed by atoms with Crippen LogP contribution in [0.25, 0.3) is 0 Å². The number of esters is 1. The van der Waals surface area contributed by atoms with Crippen LogP contribution in [-0.2, 0) is 17.6 Å². The van der Waals surface area contributed by atoms with Gasteiger partial charge in [0.15, 0.2) is 0 Å². The first kappa shape index (κ1) is 26.5. The SMILES string of the molecule is COC(=O)c1ccc(CCN2C(=O)SCCN2CC[C@@H](O)Cc2cccc(C#Cc3ccsc3)c2)s1. The van der Waals surface area contributed by atoms with Crippen molar-refractivity contribution in [1.82, 2.24) is 10.0 Å². The molecule has 0 unspecified atom stereocenters. The number of amides is 1. The van der Waals surface area contributed by atoms with Crippen molar-refractivity contribution >= 4 is 45.6 Å². The molecule has 1 saturated heterocycles. The molecule has 0 radical (unpaired) electrons. The van der Waals surface area contributed by atoms with Gasteiger partial charge in [0.05, 0.1) is 13.2 Å². The number of rotatable bonds is 9. The smallest absolute Gasteiger partial charge is 0.348 e. The molecule has 1 aliphatic rings. The summed E-state index contributed by atoms with van der Waals surface area (Å²) in [4.78, 5) is 25.9. The second-order valence-electron chi connectivity index (χ2n) is 8.31. The van der Waals surface area contributed by atoms with Gasteiger partial charge >= 0.3 is 5.97 Å². The third-order valence-electron chi connectivity index (χ3n) is 5.74. The topological polar surface area (TPSA) is 70.1 Å². The van der Waals surface area contributed by atoms with Gasteiger partial charge in [0.2, 0.25) is 0 Å². The van der Waals surface area contributed by atoms with Gasteiger partial charge in [-0.3, -0.25) is 9.80 Å². The zero-order valence-corrected chi connectivity index (χ0v) is 22.5. The molecule has 188 valence electrons. The maximum atomic E-state index is 12.6. The van der Waals surface area contributed by atoms with Crippen molar-refractivity contribution in [2.75, 3.05) is 32.5 Å². The number of benzene rings is 1. The fourth-order valence-corrected chi connectivity index (χ4v) is 6.22. The van der Waals surface area contributed by atoms with E-state index in [-0.39, 0.29) is 11.2 Å². The van der Waals surface area contributed by atoms with Crippen molar-refractivity contribution in [2.24, 2.45) is 0 Å². The van der Waals surface area contributed by atoms with Crippen LogP contribution in [0.2, 0.25) is 0 Å². The van der Waals surface area contributed by atoms with Crippen LogP contribution >= 0.6 is 34.4 Å². The van der Waals surface area contributed by atoms with Gasteiger partial charge in [-0.15, -0.1) is 11.3 Å². The average Bonchev–Trinajstić information content (AvgIpc) is 3.58. The summed E-state index contributed by atoms with van der Waals surface area (Å²) in [5, 5.41) is 18.6. The van der Waals surface area contributed by atoms with E-state index in [9.17, 15) is 14.7 Å². The highest BCUT2D eigenvalue weighted by Crippen LogP contribution is 2.23. The lowest BCUT2D eigenvalue weighted by molar-refractivity contribution is 0.0148. The number of thiophene rings is 2. The van der Waals surface area contributed by atoms with Crippen molar-refractivity contribution in [3.63, 3.8) is 0 Å². The van der Waals surface area contributed by atoms with Crippen LogP contribution < -0.4 is 0 Å². The number of nitrogens with zero attached hydrogens (tertiary/aromatic N) is 2. The van der Waals surface area contributed by atoms with E-state index in [0.717, 1.165) is 33.9 Å². The minimum absolute atomic E-state index is 0.0254. The van der Waals surface area contributed by atoms with Crippen LogP contribution in [0.4, 0.5) is 4.79 Å². The van der Waals surface area contributed by atoms with Gasteiger partial charge in [0.1, 0.15) is 4.88 Å². The molecule has 0 spiro atoms. The first-order valence-electron chi connectivity index (χ1n) is 11.7. The van der Waals surface area contributed by atoms with Crippen molar-refractivity contribution in [2.45, 2.75) is 25.4 Å². The zero-order valence-electron chi connectivity index (χ0n) is 20.0. The third-order valence-corrected chi connectivity index (χ3v) is 8.39. The van der Waals surface area contributed by atoms with E-state index in [4.69, 9.17) is 4.74 Å². The molecule has 2 aromatic heterocycles. The van der Waals surface area contributed by atoms with E-state index in [2.05, 4.69) is 11.8 Å². The van der Waals surface area contributed by atoms with Crippen molar-refractivity contribution in [1.29, 1.82) is 0 Å². The minimum Gasteiger partial charge on any atom is -0.465 e. The maximum Gasteiger partial charge on any atom is 0.348 e. The van der Waals surface area contributed by atoms with Crippen LogP contribution in [0.5, 0.6) is 0 Å². The molecule has 1 fully saturated rings. The number of ether oxygens (including phenoxy) is 1. The Bertz CT molecular complexity index is 1230. The standard InChI is InChI=1S/C27H28N2O4S3/c1-33-26(31)25-8-7-24(36-25)10-13-29-27(32)35-16-14-28(29)12-9-23(30)18-22-4-2-3-20(17-22)5-6-21-11-15-34-19-21/h2-4,7-8,11,15,17,19,23,30H,9-10,12-14,16,18H2,1H3/t23-/m1/s1. The predicted octanol–water partition coefficient (Wildman–Crippen LogP) is 4.92. The van der Waals surface area contributed by atoms with Crippen LogP contribution in [0.1, 0.15) is 37.7 Å². The monoisotopic (exact) mass is 540 g/mol. The zero-order chi connectivity index (χ0) is 25.3. The average molecular weight is 541 g/mol. The first-order chi connectivity index (χ1) is 17.5. The third kappa shape index (κ3) is 7.45. The first-order valence-corrected chi connectivity index (χ1v) is 14.4. The minimum atomic E-state index is -0.517. The lowest BCUT2D eigenvalue weighted by Gasteiger charge is -2.38. The quantitative estimate of drug-likeness (QED) is 0.307. The Morgan fingerprint density at radius 2 is 2.03 bits per heavy atom. The van der Waals surface area contributed by atoms with E-state index in [1.807, 2.05) is 52.2 Å². The Hall–Kier alpha value is -2.61. The summed E-state index contributed by atoms with van der Waals surface area (Å²) in [6.45, 7) is 1.89. The number of carbonyl (C=O) groups is 2. The van der Waals surface area contributed by atoms with Crippen molar-refractivity contribution < 1.29 is 19.4 Å². The maximum absolute atomic E-state index is 12.6. The number of aliphatic hydroxyl groups is 1. The second kappa shape index (κ2) is 13.1. The van der Waals surface area contributed by atoms with E-state index >= 15 is 0 Å². The summed E-state index contributed by atoms with van der Waals surface area (Å²) in [5.74, 6) is 6.75. The summed E-state index contributed by atoms with van der Waals surface area (Å²) in [6.07, 6.45) is 1.24. The van der Waals surface area contributed by atoms with Gasteiger partial charge in [-0.25, -0.2) is 9.80 Å². The highest BCUT2D eigenvalue weighted by atomic mass is 32.2. The molecule has 3 heterocycles. The number of thioether (sulfide) groups is 1. The molecule has 36 heavy (non-hydrogen) atoms. The highest BCUT2D eigenvalue weighted by Gasteiger charge is 2.27. The van der Waals surface area contributed by atoms with E-state index < -0.39 is 6.10 Å². The molecular weight excluding hydrogens is 513 g/mol. The molecule has 1 aromatic carbocycles. The number of methoxy groups -OCH3 is 1. The van der Waals surface area contributed by atoms with Gasteiger partial charge in [-0.2, -0.15) is 11.3 Å². The Morgan fingerprint density at radius 3 is 2.83 bits per heavy atom. The Labute approximate surface area is 223 Å². The number of aliphatic hydroxyl groups excluding tert-OH is 1. The summed E-state index contributed by atoms with van der Waals surface area (Å²) in [5.41, 5.74) is 2.98. The second-order valence-corrected chi connectivity index (χ2v) is 11.3. The summed E-state index contributed by atoms with van der Waals surface area (Å²) >= 11 is 4.34. The molecule has 9 heteroatoms. The number of hydrogen-bond acceptors (Lipinski definition) is 8. The molecule has 0 aliphatic carbocycles. The fraction of sp³-hybridized carbons (Fsp3) is 0.333. The normalized spacial score (nSPS) is 14.8. The number of carbonyl (C=O) groups excluding carboxylic acids is 2. The summed E-state index contributed by atoms with van der Waals surface area (Å²) in [6, 6.07) is 13.7. The van der Waals surface area contributed by atoms with Gasteiger partial charge < -0.3 is 9.84 Å². The molecule has 6 nitrogen and oxygen atoms in total. The van der Waals surface area contributed by atoms with E-state index in [0.29, 0.717) is 37.2 Å². The van der Waals surface area contributed by atoms with E-state index in [1.165, 1.54) is 30.2 Å². The molecule has 4 rings (SSSR count). The van der Waals surface area contributed by atoms with Crippen LogP contribution in [-0.4, -0.2) is 64.9 Å². The molecule has 1 atom stereocenters. The lowest BCUT2D eigenvalue weighted by atomic mass is 10.0. The molecular formula is C27H28N2O4S3. The fourth-order valence-electron chi connectivity index (χ4n) is 3.88. The number of hydrazine groups is 1. The van der Waals surface area contributed by atoms with Gasteiger partial charge in [0, 0.05) is 53.2 Å². The lowest BCUT2D eigenvalue weighted by Crippen LogP contribution is -2.51. The van der Waals surface area contributed by atoms with Crippen molar-refractivity contribution in [3.8, 4) is 11.8 Å². The van der Waals surface area contributed by atoms with Gasteiger partial charge in [0.25, 0.3) is 5.24 Å².